The number of fused-ring (bicyclic) bond motifs is 1. The second-order valence-electron chi connectivity index (χ2n) is 8.85. The smallest absolute Gasteiger partial charge is 0.204 e. The third kappa shape index (κ3) is 7.68. The summed E-state index contributed by atoms with van der Waals surface area (Å²) in [5, 5.41) is 3.72. The number of piperidine rings is 1. The number of nitrogens with one attached hydrogen (secondary N) is 1. The third-order valence-corrected chi connectivity index (χ3v) is 6.67. The Morgan fingerprint density at radius 2 is 1.49 bits per heavy atom. The summed E-state index contributed by atoms with van der Waals surface area (Å²) in [4.78, 5) is 9.97. The Balaban J connectivity index is 0.00000144. The lowest BCUT2D eigenvalue weighted by molar-refractivity contribution is 0.0322. The van der Waals surface area contributed by atoms with E-state index in [1.165, 1.54) is 12.1 Å². The largest absolute Gasteiger partial charge is 0.379 e. The van der Waals surface area contributed by atoms with Gasteiger partial charge in [0, 0.05) is 45.3 Å². The van der Waals surface area contributed by atoms with E-state index in [9.17, 15) is 4.39 Å². The van der Waals surface area contributed by atoms with Gasteiger partial charge in [-0.2, -0.15) is 0 Å². The summed E-state index contributed by atoms with van der Waals surface area (Å²) in [5.41, 5.74) is 3.15. The number of para-hydroxylation sites is 2. The van der Waals surface area contributed by atoms with Gasteiger partial charge in [-0.15, -0.1) is 37.2 Å². The van der Waals surface area contributed by atoms with Gasteiger partial charge in [-0.25, -0.2) is 9.37 Å². The molecule has 5 rings (SSSR count). The Bertz CT molecular complexity index is 1020. The lowest BCUT2D eigenvalue weighted by atomic mass is 10.1. The van der Waals surface area contributed by atoms with Crippen LogP contribution in [0.5, 0.6) is 0 Å². The van der Waals surface area contributed by atoms with Crippen LogP contribution in [-0.2, 0) is 11.3 Å². The van der Waals surface area contributed by atoms with E-state index in [0.29, 0.717) is 12.6 Å². The van der Waals surface area contributed by atoms with E-state index in [0.717, 1.165) is 87.9 Å². The van der Waals surface area contributed by atoms with Crippen LogP contribution in [0.4, 0.5) is 10.3 Å². The number of aromatic nitrogens is 2. The minimum atomic E-state index is -0.206. The van der Waals surface area contributed by atoms with Crippen molar-refractivity contribution in [2.75, 3.05) is 57.8 Å². The fourth-order valence-electron chi connectivity index (χ4n) is 4.71. The topological polar surface area (TPSA) is 45.6 Å². The molecule has 0 unspecified atom stereocenters. The molecule has 35 heavy (non-hydrogen) atoms. The van der Waals surface area contributed by atoms with Crippen LogP contribution in [0.15, 0.2) is 48.5 Å². The van der Waals surface area contributed by atoms with Crippen LogP contribution in [0.3, 0.4) is 0 Å². The number of ether oxygens (including phenoxy) is 1. The van der Waals surface area contributed by atoms with E-state index < -0.39 is 0 Å². The lowest BCUT2D eigenvalue weighted by Gasteiger charge is -2.35. The first kappa shape index (κ1) is 29.6. The van der Waals surface area contributed by atoms with Crippen molar-refractivity contribution in [2.45, 2.75) is 25.4 Å². The molecule has 2 fully saturated rings. The van der Waals surface area contributed by atoms with Crippen LogP contribution < -0.4 is 5.32 Å². The summed E-state index contributed by atoms with van der Waals surface area (Å²) >= 11 is 0. The fourth-order valence-corrected chi connectivity index (χ4v) is 4.71. The van der Waals surface area contributed by atoms with Gasteiger partial charge in [0.1, 0.15) is 5.82 Å². The highest BCUT2D eigenvalue weighted by Gasteiger charge is 2.22. The highest BCUT2D eigenvalue weighted by atomic mass is 35.5. The maximum atomic E-state index is 13.4. The predicted octanol–water partition coefficient (Wildman–Crippen LogP) is 4.70. The molecular weight excluding hydrogens is 512 g/mol. The summed E-state index contributed by atoms with van der Waals surface area (Å²) in [5.74, 6) is 0.699. The van der Waals surface area contributed by atoms with E-state index >= 15 is 0 Å². The van der Waals surface area contributed by atoms with Crippen molar-refractivity contribution in [3.05, 3.63) is 59.9 Å². The Morgan fingerprint density at radius 3 is 2.17 bits per heavy atom. The molecule has 0 radical (unpaired) electrons. The number of benzene rings is 2. The molecule has 3 heterocycles. The minimum Gasteiger partial charge on any atom is -0.379 e. The maximum absolute atomic E-state index is 13.4. The van der Waals surface area contributed by atoms with Crippen molar-refractivity contribution in [1.82, 2.24) is 19.4 Å². The number of morpholine rings is 1. The molecule has 1 aromatic heterocycles. The van der Waals surface area contributed by atoms with Crippen LogP contribution in [0.25, 0.3) is 11.0 Å². The second-order valence-corrected chi connectivity index (χ2v) is 8.85. The molecule has 0 amide bonds. The van der Waals surface area contributed by atoms with Gasteiger partial charge in [0.25, 0.3) is 0 Å². The number of halogens is 4. The van der Waals surface area contributed by atoms with Crippen molar-refractivity contribution in [1.29, 1.82) is 0 Å². The monoisotopic (exact) mass is 545 g/mol. The van der Waals surface area contributed by atoms with Crippen molar-refractivity contribution < 1.29 is 9.13 Å². The molecule has 0 atom stereocenters. The van der Waals surface area contributed by atoms with Crippen LogP contribution in [0.2, 0.25) is 0 Å². The van der Waals surface area contributed by atoms with Gasteiger partial charge in [0.2, 0.25) is 5.95 Å². The molecule has 0 saturated carbocycles. The predicted molar refractivity (Wildman–Crippen MR) is 147 cm³/mol. The third-order valence-electron chi connectivity index (χ3n) is 6.67. The van der Waals surface area contributed by atoms with Crippen LogP contribution in [0, 0.1) is 5.82 Å². The molecule has 2 saturated heterocycles. The summed E-state index contributed by atoms with van der Waals surface area (Å²) < 4.78 is 21.0. The SMILES string of the molecule is Cl.Cl.Cl.Fc1ccc(Cn2c(NC3CCN(CCN4CCOCC4)CC3)nc3ccccc32)cc1. The van der Waals surface area contributed by atoms with Gasteiger partial charge in [-0.1, -0.05) is 24.3 Å². The highest BCUT2D eigenvalue weighted by Crippen LogP contribution is 2.24. The molecule has 2 aromatic carbocycles. The van der Waals surface area contributed by atoms with E-state index in [-0.39, 0.29) is 43.0 Å². The molecule has 3 aromatic rings. The van der Waals surface area contributed by atoms with Crippen molar-refractivity contribution >= 4 is 54.2 Å². The first-order chi connectivity index (χ1) is 15.7. The van der Waals surface area contributed by atoms with Gasteiger partial charge in [0.15, 0.2) is 0 Å². The Labute approximate surface area is 225 Å². The minimum absolute atomic E-state index is 0. The standard InChI is InChI=1S/C25H32FN5O.3ClH/c26-21-7-5-20(6-8-21)19-31-24-4-2-1-3-23(24)28-25(31)27-22-9-11-29(12-10-22)13-14-30-15-17-32-18-16-30;;;/h1-8,22H,9-19H2,(H,27,28);3*1H. The van der Waals surface area contributed by atoms with Crippen LogP contribution >= 0.6 is 37.2 Å². The van der Waals surface area contributed by atoms with Gasteiger partial charge < -0.3 is 19.5 Å². The van der Waals surface area contributed by atoms with E-state index in [1.54, 1.807) is 0 Å². The molecule has 10 heteroatoms. The molecule has 2 aliphatic rings. The second kappa shape index (κ2) is 14.2. The van der Waals surface area contributed by atoms with Crippen LogP contribution in [0.1, 0.15) is 18.4 Å². The summed E-state index contributed by atoms with van der Waals surface area (Å²) in [6.45, 7) is 9.01. The number of anilines is 1. The van der Waals surface area contributed by atoms with Crippen LogP contribution in [-0.4, -0.2) is 77.9 Å². The van der Waals surface area contributed by atoms with E-state index in [4.69, 9.17) is 9.72 Å². The fraction of sp³-hybridized carbons (Fsp3) is 0.480. The zero-order valence-electron chi connectivity index (χ0n) is 19.8. The highest BCUT2D eigenvalue weighted by molar-refractivity contribution is 5.86. The van der Waals surface area contributed by atoms with Gasteiger partial charge in [-0.05, 0) is 42.7 Å². The normalized spacial score (nSPS) is 17.3. The molecule has 0 bridgehead atoms. The number of nitrogens with zero attached hydrogens (tertiary/aromatic N) is 4. The van der Waals surface area contributed by atoms with Gasteiger partial charge in [-0.3, -0.25) is 4.90 Å². The van der Waals surface area contributed by atoms with Gasteiger partial charge in [0.05, 0.1) is 30.8 Å². The number of hydrogen-bond acceptors (Lipinski definition) is 5. The van der Waals surface area contributed by atoms with Crippen molar-refractivity contribution in [2.24, 2.45) is 0 Å². The first-order valence-electron chi connectivity index (χ1n) is 11.7. The lowest BCUT2D eigenvalue weighted by Crippen LogP contribution is -2.45. The summed E-state index contributed by atoms with van der Waals surface area (Å²) in [6.07, 6.45) is 2.23. The van der Waals surface area contributed by atoms with E-state index in [1.807, 2.05) is 24.3 Å². The quantitative estimate of drug-likeness (QED) is 0.466. The molecule has 6 nitrogen and oxygen atoms in total. The first-order valence-corrected chi connectivity index (χ1v) is 11.7. The zero-order valence-corrected chi connectivity index (χ0v) is 22.2. The Morgan fingerprint density at radius 1 is 0.857 bits per heavy atom. The molecule has 194 valence electrons. The number of rotatable bonds is 7. The number of imidazole rings is 1. The van der Waals surface area contributed by atoms with Gasteiger partial charge >= 0.3 is 0 Å². The zero-order chi connectivity index (χ0) is 21.8. The molecule has 0 spiro atoms. The average molecular weight is 547 g/mol. The molecule has 1 N–H and O–H groups in total. The molecule has 0 aliphatic carbocycles. The van der Waals surface area contributed by atoms with E-state index in [2.05, 4.69) is 31.8 Å². The van der Waals surface area contributed by atoms with Crippen molar-refractivity contribution in [3.63, 3.8) is 0 Å². The molecule has 2 aliphatic heterocycles. The molecular formula is C25H35Cl3FN5O. The summed E-state index contributed by atoms with van der Waals surface area (Å²) in [7, 11) is 0. The maximum Gasteiger partial charge on any atom is 0.204 e. The van der Waals surface area contributed by atoms with Crippen molar-refractivity contribution in [3.8, 4) is 0 Å². The average Bonchev–Trinajstić information content (AvgIpc) is 3.17. The summed E-state index contributed by atoms with van der Waals surface area (Å²) in [6, 6.07) is 15.4. The number of hydrogen-bond donors (Lipinski definition) is 1. The number of likely N-dealkylation sites (tertiary alicyclic amines) is 1. The Kier molecular flexibility index (Phi) is 12.0. The Hall–Kier alpha value is -1.61.